The van der Waals surface area contributed by atoms with Gasteiger partial charge in [-0.3, -0.25) is 0 Å². The van der Waals surface area contributed by atoms with Crippen molar-refractivity contribution in [2.75, 3.05) is 66.1 Å². The fraction of sp³-hybridized carbons (Fsp3) is 0.758. The number of hydrogen-bond donors (Lipinski definition) is 6. The summed E-state index contributed by atoms with van der Waals surface area (Å²) < 4.78 is 18.8. The summed E-state index contributed by atoms with van der Waals surface area (Å²) in [4.78, 5) is 44.6. The van der Waals surface area contributed by atoms with Crippen molar-refractivity contribution >= 4 is 23.9 Å². The predicted octanol–water partition coefficient (Wildman–Crippen LogP) is 2.54. The van der Waals surface area contributed by atoms with E-state index in [0.29, 0.717) is 25.7 Å². The van der Waals surface area contributed by atoms with Crippen molar-refractivity contribution in [2.45, 2.75) is 98.3 Å². The molecular formula is C33H64O14. The number of hydrogen-bond acceptors (Lipinski definition) is 14. The molecule has 0 aromatic carbocycles. The maximum Gasteiger partial charge on any atom is 0.344 e. The Morgan fingerprint density at radius 2 is 0.617 bits per heavy atom. The molecule has 0 heterocycles. The minimum Gasteiger partial charge on any atom is -0.462 e. The van der Waals surface area contributed by atoms with Crippen LogP contribution in [0.2, 0.25) is 0 Å². The first kappa shape index (κ1) is 53.6. The summed E-state index contributed by atoms with van der Waals surface area (Å²) in [5.74, 6) is -2.99. The molecule has 0 unspecified atom stereocenters. The van der Waals surface area contributed by atoms with Crippen LogP contribution in [-0.2, 0) is 38.1 Å². The third-order valence-corrected chi connectivity index (χ3v) is 5.24. The zero-order valence-electron chi connectivity index (χ0n) is 27.9. The van der Waals surface area contributed by atoms with E-state index in [1.807, 2.05) is 0 Å². The van der Waals surface area contributed by atoms with Crippen LogP contribution in [-0.4, -0.2) is 121 Å². The number of aliphatic hydroxyl groups excluding tert-OH is 6. The average Bonchev–Trinajstić information content (AvgIpc) is 3.05. The summed E-state index contributed by atoms with van der Waals surface area (Å²) >= 11 is 0. The lowest BCUT2D eigenvalue weighted by molar-refractivity contribution is -0.148. The predicted molar refractivity (Wildman–Crippen MR) is 178 cm³/mol. The van der Waals surface area contributed by atoms with Crippen LogP contribution in [0.5, 0.6) is 0 Å². The van der Waals surface area contributed by atoms with Crippen LogP contribution in [0.25, 0.3) is 0 Å². The first-order chi connectivity index (χ1) is 22.1. The van der Waals surface area contributed by atoms with E-state index >= 15 is 0 Å². The Morgan fingerprint density at radius 3 is 0.830 bits per heavy atom. The normalized spacial score (nSPS) is 9.36. The van der Waals surface area contributed by atoms with E-state index in [1.165, 1.54) is 0 Å². The molecule has 0 aliphatic carbocycles. The Hall–Kier alpha value is -2.88. The molecule has 0 rings (SSSR count). The molecule has 0 spiro atoms. The highest BCUT2D eigenvalue weighted by Gasteiger charge is 2.18. The topological polar surface area (TPSA) is 227 Å². The van der Waals surface area contributed by atoms with Crippen LogP contribution in [0.1, 0.15) is 98.3 Å². The fourth-order valence-electron chi connectivity index (χ4n) is 2.69. The van der Waals surface area contributed by atoms with Crippen LogP contribution >= 0.6 is 0 Å². The lowest BCUT2D eigenvalue weighted by atomic mass is 10.2. The highest BCUT2D eigenvalue weighted by Crippen LogP contribution is 2.03. The molecule has 280 valence electrons. The van der Waals surface area contributed by atoms with Gasteiger partial charge in [0.1, 0.15) is 11.1 Å². The number of carbonyl (C=O) groups excluding carboxylic acids is 4. The van der Waals surface area contributed by atoms with Crippen molar-refractivity contribution in [2.24, 2.45) is 0 Å². The molecule has 0 amide bonds. The first-order valence-corrected chi connectivity index (χ1v) is 15.8. The van der Waals surface area contributed by atoms with Gasteiger partial charge in [0, 0.05) is 39.6 Å². The van der Waals surface area contributed by atoms with Crippen molar-refractivity contribution in [3.63, 3.8) is 0 Å². The van der Waals surface area contributed by atoms with Crippen LogP contribution in [0, 0.1) is 0 Å². The van der Waals surface area contributed by atoms with E-state index < -0.39 is 23.9 Å². The molecule has 0 atom stereocenters. The van der Waals surface area contributed by atoms with Crippen LogP contribution in [0.3, 0.4) is 0 Å². The molecule has 0 aromatic heterocycles. The second-order valence-electron chi connectivity index (χ2n) is 9.25. The Morgan fingerprint density at radius 1 is 0.404 bits per heavy atom. The molecule has 0 fully saturated rings. The van der Waals surface area contributed by atoms with Crippen LogP contribution in [0.4, 0.5) is 0 Å². The molecule has 0 saturated carbocycles. The van der Waals surface area contributed by atoms with Gasteiger partial charge in [-0.05, 0) is 90.9 Å². The molecule has 14 nitrogen and oxygen atoms in total. The molecule has 0 saturated heterocycles. The van der Waals surface area contributed by atoms with Crippen molar-refractivity contribution in [1.82, 2.24) is 0 Å². The molecule has 47 heavy (non-hydrogen) atoms. The van der Waals surface area contributed by atoms with Gasteiger partial charge < -0.3 is 49.6 Å². The Balaban J connectivity index is -0.000000185. The monoisotopic (exact) mass is 684 g/mol. The van der Waals surface area contributed by atoms with Gasteiger partial charge in [0.05, 0.1) is 26.4 Å². The lowest BCUT2D eigenvalue weighted by Crippen LogP contribution is -2.18. The van der Waals surface area contributed by atoms with Crippen molar-refractivity contribution in [3.05, 3.63) is 24.3 Å². The van der Waals surface area contributed by atoms with Gasteiger partial charge in [0.15, 0.2) is 0 Å². The van der Waals surface area contributed by atoms with Crippen molar-refractivity contribution < 1.29 is 68.8 Å². The minimum atomic E-state index is -0.769. The molecule has 0 bridgehead atoms. The first-order valence-electron chi connectivity index (χ1n) is 15.8. The maximum atomic E-state index is 11.4. The maximum absolute atomic E-state index is 11.4. The van der Waals surface area contributed by atoms with E-state index in [1.54, 1.807) is 13.8 Å². The zero-order valence-corrected chi connectivity index (χ0v) is 27.9. The minimum absolute atomic E-state index is 0. The number of ether oxygens (including phenoxy) is 4. The number of rotatable bonds is 24. The van der Waals surface area contributed by atoms with E-state index in [4.69, 9.17) is 40.1 Å². The average molecular weight is 685 g/mol. The number of esters is 4. The molecule has 0 aliphatic heterocycles. The second kappa shape index (κ2) is 45.2. The van der Waals surface area contributed by atoms with Crippen molar-refractivity contribution in [1.29, 1.82) is 0 Å². The SMILES string of the molecule is C.C=C(C(=O)OCC)C(=O)OCC.C=C(C(=O)OCCCCCO)C(=O)OCCCCCO.OCCCCCO.OCCCCCO. The van der Waals surface area contributed by atoms with Gasteiger partial charge >= 0.3 is 23.9 Å². The highest BCUT2D eigenvalue weighted by molar-refractivity contribution is 6.13. The van der Waals surface area contributed by atoms with E-state index in [2.05, 4.69) is 22.6 Å². The number of carbonyl (C=O) groups is 4. The van der Waals surface area contributed by atoms with Gasteiger partial charge in [-0.15, -0.1) is 0 Å². The molecular weight excluding hydrogens is 620 g/mol. The number of unbranched alkanes of at least 4 members (excludes halogenated alkanes) is 8. The Bertz CT molecular complexity index is 690. The quantitative estimate of drug-likeness (QED) is 0.0215. The largest absolute Gasteiger partial charge is 0.462 e. The summed E-state index contributed by atoms with van der Waals surface area (Å²) in [7, 11) is 0. The van der Waals surface area contributed by atoms with E-state index in [0.717, 1.165) is 51.4 Å². The summed E-state index contributed by atoms with van der Waals surface area (Å²) in [6.45, 7) is 12.0. The van der Waals surface area contributed by atoms with Crippen molar-refractivity contribution in [3.8, 4) is 0 Å². The zero-order chi connectivity index (χ0) is 35.8. The van der Waals surface area contributed by atoms with Gasteiger partial charge in [-0.25, -0.2) is 19.2 Å². The second-order valence-corrected chi connectivity index (χ2v) is 9.25. The summed E-state index contributed by atoms with van der Waals surface area (Å²) in [6.07, 6.45) is 9.26. The Kier molecular flexibility index (Phi) is 51.6. The third kappa shape index (κ3) is 43.1. The van der Waals surface area contributed by atoms with E-state index in [-0.39, 0.29) is 84.6 Å². The van der Waals surface area contributed by atoms with Gasteiger partial charge in [-0.1, -0.05) is 20.6 Å². The summed E-state index contributed by atoms with van der Waals surface area (Å²) in [5, 5.41) is 50.0. The molecule has 0 aromatic rings. The standard InChI is InChI=1S/C14H24O6.C8H12O4.2C5H12O2.CH4/c1-12(13(17)19-10-6-2-4-8-15)14(18)20-11-7-3-5-9-16;1-4-11-7(9)6(3)8(10)12-5-2;2*6-4-2-1-3-5-7;/h15-16H,1-11H2;3-5H2,1-2H3;2*6-7H,1-5H2;1H4. The van der Waals surface area contributed by atoms with Gasteiger partial charge in [-0.2, -0.15) is 0 Å². The highest BCUT2D eigenvalue weighted by atomic mass is 16.6. The van der Waals surface area contributed by atoms with E-state index in [9.17, 15) is 19.2 Å². The van der Waals surface area contributed by atoms with Gasteiger partial charge in [0.2, 0.25) is 0 Å². The summed E-state index contributed by atoms with van der Waals surface area (Å²) in [5.41, 5.74) is -0.576. The molecule has 14 heteroatoms. The van der Waals surface area contributed by atoms with Crippen LogP contribution < -0.4 is 0 Å². The van der Waals surface area contributed by atoms with Gasteiger partial charge in [0.25, 0.3) is 0 Å². The third-order valence-electron chi connectivity index (χ3n) is 5.24. The molecule has 0 radical (unpaired) electrons. The molecule has 0 aliphatic rings. The Labute approximate surface area is 281 Å². The fourth-order valence-corrected chi connectivity index (χ4v) is 2.69. The molecule has 6 N–H and O–H groups in total. The number of aliphatic hydroxyl groups is 6. The van der Waals surface area contributed by atoms with Crippen LogP contribution in [0.15, 0.2) is 24.3 Å². The summed E-state index contributed by atoms with van der Waals surface area (Å²) in [6, 6.07) is 0. The smallest absolute Gasteiger partial charge is 0.344 e. The lowest BCUT2D eigenvalue weighted by Gasteiger charge is -2.07.